The quantitative estimate of drug-likeness (QED) is 0.496. The molecule has 4 nitrogen and oxygen atoms in total. The molecule has 0 bridgehead atoms. The maximum atomic E-state index is 13.1. The maximum absolute atomic E-state index is 13.1. The number of aryl methyl sites for hydroxylation is 1. The summed E-state index contributed by atoms with van der Waals surface area (Å²) >= 11 is 18.4. The molecule has 0 aliphatic heterocycles. The van der Waals surface area contributed by atoms with Crippen molar-refractivity contribution in [1.29, 1.82) is 0 Å². The smallest absolute Gasteiger partial charge is 0.242 e. The summed E-state index contributed by atoms with van der Waals surface area (Å²) in [4.78, 5) is 27.4. The Balaban J connectivity index is 2.20. The molecule has 0 aromatic heterocycles. The van der Waals surface area contributed by atoms with Crippen molar-refractivity contribution in [3.05, 3.63) is 68.7 Å². The molecule has 0 spiro atoms. The van der Waals surface area contributed by atoms with Gasteiger partial charge < -0.3 is 10.2 Å². The number of carbonyl (C=O) groups is 2. The Hall–Kier alpha value is -1.75. The number of hydrogen-bond donors (Lipinski definition) is 1. The molecule has 162 valence electrons. The Morgan fingerprint density at radius 2 is 1.70 bits per heavy atom. The lowest BCUT2D eigenvalue weighted by atomic mass is 10.1. The number of benzene rings is 2. The van der Waals surface area contributed by atoms with E-state index in [1.165, 1.54) is 0 Å². The van der Waals surface area contributed by atoms with Gasteiger partial charge in [-0.1, -0.05) is 66.0 Å². The number of nitrogens with zero attached hydrogens (tertiary/aromatic N) is 1. The highest BCUT2D eigenvalue weighted by Gasteiger charge is 2.26. The number of rotatable bonds is 9. The fourth-order valence-electron chi connectivity index (χ4n) is 2.97. The minimum atomic E-state index is -0.632. The van der Waals surface area contributed by atoms with Crippen LogP contribution in [0, 0.1) is 0 Å². The summed E-state index contributed by atoms with van der Waals surface area (Å²) in [5, 5.41) is 4.44. The van der Waals surface area contributed by atoms with E-state index in [0.29, 0.717) is 21.5 Å². The van der Waals surface area contributed by atoms with Crippen LogP contribution in [0.5, 0.6) is 0 Å². The van der Waals surface area contributed by atoms with Crippen LogP contribution in [0.1, 0.15) is 44.7 Å². The standard InChI is InChI=1S/C23H27Cl3N2O2/c1-4-15(2)27-23(30)16(3)28(14-17-9-11-20(25)21(26)13-17)22(29)12-10-18-7-5-6-8-19(18)24/h5-9,11,13,15-16H,4,10,12,14H2,1-3H3,(H,27,30)/t15-,16+/m0/s1. The van der Waals surface area contributed by atoms with Gasteiger partial charge >= 0.3 is 0 Å². The van der Waals surface area contributed by atoms with Gasteiger partial charge in [0.1, 0.15) is 6.04 Å². The monoisotopic (exact) mass is 468 g/mol. The third kappa shape index (κ3) is 6.90. The van der Waals surface area contributed by atoms with Crippen LogP contribution in [0.15, 0.2) is 42.5 Å². The summed E-state index contributed by atoms with van der Waals surface area (Å²) in [6.45, 7) is 5.93. The molecule has 0 saturated heterocycles. The van der Waals surface area contributed by atoms with Crippen LogP contribution in [0.3, 0.4) is 0 Å². The molecule has 0 heterocycles. The summed E-state index contributed by atoms with van der Waals surface area (Å²) in [5.74, 6) is -0.316. The van der Waals surface area contributed by atoms with E-state index in [4.69, 9.17) is 34.8 Å². The lowest BCUT2D eigenvalue weighted by Gasteiger charge is -2.30. The van der Waals surface area contributed by atoms with E-state index in [2.05, 4.69) is 5.32 Å². The van der Waals surface area contributed by atoms with Crippen LogP contribution >= 0.6 is 34.8 Å². The van der Waals surface area contributed by atoms with Gasteiger partial charge in [0.25, 0.3) is 0 Å². The van der Waals surface area contributed by atoms with Crippen molar-refractivity contribution in [3.8, 4) is 0 Å². The lowest BCUT2D eigenvalue weighted by Crippen LogP contribution is -2.49. The van der Waals surface area contributed by atoms with Crippen molar-refractivity contribution in [1.82, 2.24) is 10.2 Å². The van der Waals surface area contributed by atoms with E-state index < -0.39 is 6.04 Å². The lowest BCUT2D eigenvalue weighted by molar-refractivity contribution is -0.140. The molecule has 7 heteroatoms. The zero-order valence-electron chi connectivity index (χ0n) is 17.4. The summed E-state index contributed by atoms with van der Waals surface area (Å²) in [6.07, 6.45) is 1.55. The number of halogens is 3. The molecule has 0 radical (unpaired) electrons. The largest absolute Gasteiger partial charge is 0.352 e. The first-order valence-corrected chi connectivity index (χ1v) is 11.1. The number of amides is 2. The van der Waals surface area contributed by atoms with E-state index in [-0.39, 0.29) is 30.8 Å². The van der Waals surface area contributed by atoms with E-state index in [0.717, 1.165) is 17.5 Å². The molecule has 2 aromatic carbocycles. The minimum absolute atomic E-state index is 0.0324. The van der Waals surface area contributed by atoms with Gasteiger partial charge in [-0.3, -0.25) is 9.59 Å². The zero-order chi connectivity index (χ0) is 22.3. The first-order chi connectivity index (χ1) is 14.2. The summed E-state index contributed by atoms with van der Waals surface area (Å²) in [6, 6.07) is 12.1. The number of hydrogen-bond acceptors (Lipinski definition) is 2. The van der Waals surface area contributed by atoms with E-state index >= 15 is 0 Å². The van der Waals surface area contributed by atoms with Crippen LogP contribution in [0.2, 0.25) is 15.1 Å². The Morgan fingerprint density at radius 3 is 2.33 bits per heavy atom. The second-order valence-electron chi connectivity index (χ2n) is 7.36. The molecule has 2 amide bonds. The summed E-state index contributed by atoms with van der Waals surface area (Å²) in [7, 11) is 0. The Bertz CT molecular complexity index is 889. The molecule has 0 fully saturated rings. The van der Waals surface area contributed by atoms with Gasteiger partial charge in [-0.25, -0.2) is 0 Å². The predicted molar refractivity (Wildman–Crippen MR) is 124 cm³/mol. The SMILES string of the molecule is CC[C@H](C)NC(=O)[C@@H](C)N(Cc1ccc(Cl)c(Cl)c1)C(=O)CCc1ccccc1Cl. The van der Waals surface area contributed by atoms with E-state index in [1.54, 1.807) is 30.0 Å². The number of nitrogens with one attached hydrogen (secondary N) is 1. The maximum Gasteiger partial charge on any atom is 0.242 e. The second-order valence-corrected chi connectivity index (χ2v) is 8.58. The average Bonchev–Trinajstić information content (AvgIpc) is 2.73. The molecule has 30 heavy (non-hydrogen) atoms. The fraction of sp³-hybridized carbons (Fsp3) is 0.391. The highest BCUT2D eigenvalue weighted by atomic mass is 35.5. The highest BCUT2D eigenvalue weighted by Crippen LogP contribution is 2.24. The van der Waals surface area contributed by atoms with E-state index in [1.807, 2.05) is 38.1 Å². The third-order valence-corrected chi connectivity index (χ3v) is 6.18. The fourth-order valence-corrected chi connectivity index (χ4v) is 3.52. The molecule has 0 aliphatic carbocycles. The van der Waals surface area contributed by atoms with Crippen molar-refractivity contribution in [2.75, 3.05) is 0 Å². The van der Waals surface area contributed by atoms with Gasteiger partial charge in [-0.05, 0) is 56.0 Å². The van der Waals surface area contributed by atoms with Crippen LogP contribution in [-0.4, -0.2) is 28.8 Å². The van der Waals surface area contributed by atoms with Gasteiger partial charge in [0.05, 0.1) is 10.0 Å². The molecular formula is C23H27Cl3N2O2. The van der Waals surface area contributed by atoms with Crippen molar-refractivity contribution in [3.63, 3.8) is 0 Å². The van der Waals surface area contributed by atoms with Gasteiger partial charge in [0.2, 0.25) is 11.8 Å². The van der Waals surface area contributed by atoms with Crippen molar-refractivity contribution >= 4 is 46.6 Å². The summed E-state index contributed by atoms with van der Waals surface area (Å²) in [5.41, 5.74) is 1.71. The first kappa shape index (κ1) is 24.5. The van der Waals surface area contributed by atoms with Crippen LogP contribution in [0.4, 0.5) is 0 Å². The van der Waals surface area contributed by atoms with Crippen LogP contribution in [-0.2, 0) is 22.6 Å². The Labute approximate surface area is 193 Å². The molecule has 2 atom stereocenters. The molecule has 0 unspecified atom stereocenters. The zero-order valence-corrected chi connectivity index (χ0v) is 19.7. The van der Waals surface area contributed by atoms with Gasteiger partial charge in [0.15, 0.2) is 0 Å². The molecule has 1 N–H and O–H groups in total. The average molecular weight is 470 g/mol. The Kier molecular flexibility index (Phi) is 9.47. The topological polar surface area (TPSA) is 49.4 Å². The molecule has 0 aliphatic rings. The molecule has 2 rings (SSSR count). The number of carbonyl (C=O) groups excluding carboxylic acids is 2. The molecular weight excluding hydrogens is 443 g/mol. The van der Waals surface area contributed by atoms with E-state index in [9.17, 15) is 9.59 Å². The molecule has 2 aromatic rings. The van der Waals surface area contributed by atoms with Crippen LogP contribution < -0.4 is 5.32 Å². The third-order valence-electron chi connectivity index (χ3n) is 5.07. The summed E-state index contributed by atoms with van der Waals surface area (Å²) < 4.78 is 0. The van der Waals surface area contributed by atoms with Gasteiger partial charge in [0, 0.05) is 24.0 Å². The van der Waals surface area contributed by atoms with Gasteiger partial charge in [-0.2, -0.15) is 0 Å². The second kappa shape index (κ2) is 11.6. The predicted octanol–water partition coefficient (Wildman–Crippen LogP) is 5.91. The Morgan fingerprint density at radius 1 is 1.00 bits per heavy atom. The first-order valence-electron chi connectivity index (χ1n) is 10.00. The van der Waals surface area contributed by atoms with Gasteiger partial charge in [-0.15, -0.1) is 0 Å². The van der Waals surface area contributed by atoms with Crippen molar-refractivity contribution < 1.29 is 9.59 Å². The van der Waals surface area contributed by atoms with Crippen molar-refractivity contribution in [2.45, 2.75) is 58.7 Å². The minimum Gasteiger partial charge on any atom is -0.352 e. The van der Waals surface area contributed by atoms with Crippen LogP contribution in [0.25, 0.3) is 0 Å². The highest BCUT2D eigenvalue weighted by molar-refractivity contribution is 6.42. The van der Waals surface area contributed by atoms with Crippen molar-refractivity contribution in [2.24, 2.45) is 0 Å². The molecule has 0 saturated carbocycles. The normalized spacial score (nSPS) is 12.9.